The van der Waals surface area contributed by atoms with E-state index in [1.807, 2.05) is 0 Å². The Morgan fingerprint density at radius 1 is 1.53 bits per heavy atom. The summed E-state index contributed by atoms with van der Waals surface area (Å²) in [5, 5.41) is 0. The van der Waals surface area contributed by atoms with Gasteiger partial charge in [0, 0.05) is 12.5 Å². The summed E-state index contributed by atoms with van der Waals surface area (Å²) in [6, 6.07) is 8.74. The minimum atomic E-state index is 0.197. The molecule has 1 aliphatic heterocycles. The predicted octanol–water partition coefficient (Wildman–Crippen LogP) is 2.31. The maximum absolute atomic E-state index is 5.75. The molecule has 1 saturated heterocycles. The molecule has 1 fully saturated rings. The van der Waals surface area contributed by atoms with Crippen molar-refractivity contribution in [3.63, 3.8) is 0 Å². The zero-order chi connectivity index (χ0) is 12.3. The van der Waals surface area contributed by atoms with E-state index in [9.17, 15) is 0 Å². The number of hydrazine groups is 1. The van der Waals surface area contributed by atoms with Crippen molar-refractivity contribution in [2.24, 2.45) is 11.8 Å². The highest BCUT2D eigenvalue weighted by atomic mass is 16.5. The second-order valence-electron chi connectivity index (χ2n) is 4.83. The number of hydrogen-bond donors (Lipinski definition) is 2. The van der Waals surface area contributed by atoms with Crippen molar-refractivity contribution in [3.8, 4) is 0 Å². The van der Waals surface area contributed by atoms with Crippen LogP contribution in [0, 0.1) is 12.8 Å². The molecule has 0 aromatic heterocycles. The molecule has 0 spiro atoms. The highest BCUT2D eigenvalue weighted by Crippen LogP contribution is 2.34. The summed E-state index contributed by atoms with van der Waals surface area (Å²) in [6.07, 6.45) is 2.47. The summed E-state index contributed by atoms with van der Waals surface area (Å²) < 4.78 is 5.75. The maximum atomic E-state index is 5.75. The molecule has 0 radical (unpaired) electrons. The van der Waals surface area contributed by atoms with Gasteiger partial charge in [-0.25, -0.2) is 0 Å². The molecule has 1 heterocycles. The van der Waals surface area contributed by atoms with Crippen LogP contribution in [-0.4, -0.2) is 12.7 Å². The third kappa shape index (κ3) is 2.68. The van der Waals surface area contributed by atoms with Crippen LogP contribution >= 0.6 is 0 Å². The predicted molar refractivity (Wildman–Crippen MR) is 69.4 cm³/mol. The second-order valence-corrected chi connectivity index (χ2v) is 4.83. The molecule has 17 heavy (non-hydrogen) atoms. The number of nitrogens with one attached hydrogen (secondary N) is 1. The average molecular weight is 234 g/mol. The van der Waals surface area contributed by atoms with Crippen LogP contribution < -0.4 is 11.3 Å². The molecule has 0 amide bonds. The summed E-state index contributed by atoms with van der Waals surface area (Å²) in [4.78, 5) is 0. The van der Waals surface area contributed by atoms with E-state index in [-0.39, 0.29) is 6.04 Å². The summed E-state index contributed by atoms with van der Waals surface area (Å²) in [5.41, 5.74) is 5.51. The lowest BCUT2D eigenvalue weighted by Crippen LogP contribution is -2.36. The van der Waals surface area contributed by atoms with Crippen LogP contribution in [-0.2, 0) is 4.74 Å². The van der Waals surface area contributed by atoms with Crippen LogP contribution in [0.2, 0.25) is 0 Å². The van der Waals surface area contributed by atoms with Crippen molar-refractivity contribution >= 4 is 0 Å². The van der Waals surface area contributed by atoms with Crippen LogP contribution in [0.3, 0.4) is 0 Å². The number of benzene rings is 1. The third-order valence-electron chi connectivity index (χ3n) is 3.67. The van der Waals surface area contributed by atoms with Crippen LogP contribution in [0.15, 0.2) is 24.3 Å². The summed E-state index contributed by atoms with van der Waals surface area (Å²) in [5.74, 6) is 6.22. The number of hydrogen-bond acceptors (Lipinski definition) is 3. The molecule has 3 heteroatoms. The lowest BCUT2D eigenvalue weighted by molar-refractivity contribution is 0.0774. The normalized spacial score (nSPS) is 26.1. The van der Waals surface area contributed by atoms with Crippen molar-refractivity contribution < 1.29 is 4.74 Å². The third-order valence-corrected chi connectivity index (χ3v) is 3.67. The monoisotopic (exact) mass is 234 g/mol. The van der Waals surface area contributed by atoms with Gasteiger partial charge in [-0.1, -0.05) is 36.8 Å². The smallest absolute Gasteiger partial charge is 0.0620 e. The number of nitrogens with two attached hydrogens (primary N) is 1. The largest absolute Gasteiger partial charge is 0.378 e. The highest BCUT2D eigenvalue weighted by Gasteiger charge is 2.33. The fourth-order valence-corrected chi connectivity index (χ4v) is 2.80. The Balaban J connectivity index is 2.21. The Bertz CT molecular complexity index is 367. The molecule has 0 aliphatic carbocycles. The van der Waals surface area contributed by atoms with Crippen molar-refractivity contribution in [2.75, 3.05) is 6.61 Å². The molecule has 1 aliphatic rings. The van der Waals surface area contributed by atoms with Gasteiger partial charge in [0.05, 0.1) is 12.1 Å². The van der Waals surface area contributed by atoms with Gasteiger partial charge in [0.2, 0.25) is 0 Å². The summed E-state index contributed by atoms with van der Waals surface area (Å²) in [7, 11) is 0. The van der Waals surface area contributed by atoms with Crippen molar-refractivity contribution in [1.29, 1.82) is 0 Å². The molecular formula is C14H22N2O. The second kappa shape index (κ2) is 5.63. The molecule has 3 unspecified atom stereocenters. The van der Waals surface area contributed by atoms with Gasteiger partial charge in [-0.2, -0.15) is 0 Å². The molecule has 0 saturated carbocycles. The zero-order valence-corrected chi connectivity index (χ0v) is 10.6. The van der Waals surface area contributed by atoms with Gasteiger partial charge in [-0.05, 0) is 25.3 Å². The Kier molecular flexibility index (Phi) is 4.15. The minimum absolute atomic E-state index is 0.197. The molecule has 0 bridgehead atoms. The van der Waals surface area contributed by atoms with E-state index in [1.165, 1.54) is 11.1 Å². The Morgan fingerprint density at radius 2 is 2.35 bits per heavy atom. The van der Waals surface area contributed by atoms with Gasteiger partial charge in [0.1, 0.15) is 0 Å². The molecule has 94 valence electrons. The first-order valence-corrected chi connectivity index (χ1v) is 6.40. The molecule has 1 aromatic carbocycles. The van der Waals surface area contributed by atoms with Crippen LogP contribution in [0.4, 0.5) is 0 Å². The van der Waals surface area contributed by atoms with Gasteiger partial charge >= 0.3 is 0 Å². The zero-order valence-electron chi connectivity index (χ0n) is 10.6. The van der Waals surface area contributed by atoms with Gasteiger partial charge in [0.25, 0.3) is 0 Å². The molecule has 3 nitrogen and oxygen atoms in total. The van der Waals surface area contributed by atoms with Crippen molar-refractivity contribution in [1.82, 2.24) is 5.43 Å². The molecule has 3 atom stereocenters. The first-order valence-electron chi connectivity index (χ1n) is 6.40. The van der Waals surface area contributed by atoms with E-state index in [0.717, 1.165) is 19.4 Å². The fraction of sp³-hybridized carbons (Fsp3) is 0.571. The molecule has 3 N–H and O–H groups in total. The number of aryl methyl sites for hydroxylation is 1. The number of ether oxygens (including phenoxy) is 1. The number of rotatable bonds is 4. The van der Waals surface area contributed by atoms with Gasteiger partial charge in [-0.3, -0.25) is 11.3 Å². The van der Waals surface area contributed by atoms with Crippen LogP contribution in [0.1, 0.15) is 36.9 Å². The lowest BCUT2D eigenvalue weighted by atomic mass is 9.87. The Morgan fingerprint density at radius 3 is 3.00 bits per heavy atom. The molecule has 1 aromatic rings. The van der Waals surface area contributed by atoms with Gasteiger partial charge < -0.3 is 4.74 Å². The topological polar surface area (TPSA) is 47.3 Å². The minimum Gasteiger partial charge on any atom is -0.378 e. The fourth-order valence-electron chi connectivity index (χ4n) is 2.80. The van der Waals surface area contributed by atoms with E-state index in [1.54, 1.807) is 0 Å². The summed E-state index contributed by atoms with van der Waals surface area (Å²) >= 11 is 0. The van der Waals surface area contributed by atoms with E-state index in [2.05, 4.69) is 43.5 Å². The van der Waals surface area contributed by atoms with Gasteiger partial charge in [0.15, 0.2) is 0 Å². The van der Waals surface area contributed by atoms with E-state index in [4.69, 9.17) is 10.6 Å². The maximum Gasteiger partial charge on any atom is 0.0620 e. The quantitative estimate of drug-likeness (QED) is 0.621. The van der Waals surface area contributed by atoms with Crippen molar-refractivity contribution in [3.05, 3.63) is 35.4 Å². The first-order chi connectivity index (χ1) is 8.26. The lowest BCUT2D eigenvalue weighted by Gasteiger charge is -2.27. The van der Waals surface area contributed by atoms with Crippen LogP contribution in [0.25, 0.3) is 0 Å². The van der Waals surface area contributed by atoms with E-state index < -0.39 is 0 Å². The van der Waals surface area contributed by atoms with E-state index >= 15 is 0 Å². The molecular weight excluding hydrogens is 212 g/mol. The SMILES string of the molecule is CCC1OCCC1C(NN)c1cccc(C)c1. The molecule has 2 rings (SSSR count). The van der Waals surface area contributed by atoms with Crippen molar-refractivity contribution in [2.45, 2.75) is 38.8 Å². The summed E-state index contributed by atoms with van der Waals surface area (Å²) in [6.45, 7) is 5.14. The van der Waals surface area contributed by atoms with Gasteiger partial charge in [-0.15, -0.1) is 0 Å². The van der Waals surface area contributed by atoms with E-state index in [0.29, 0.717) is 12.0 Å². The first kappa shape index (κ1) is 12.6. The van der Waals surface area contributed by atoms with Crippen LogP contribution in [0.5, 0.6) is 0 Å². The average Bonchev–Trinajstić information content (AvgIpc) is 2.78. The Hall–Kier alpha value is -0.900. The standard InChI is InChI=1S/C14H22N2O/c1-3-13-12(7-8-17-13)14(16-15)11-6-4-5-10(2)9-11/h4-6,9,12-14,16H,3,7-8,15H2,1-2H3. The highest BCUT2D eigenvalue weighted by molar-refractivity contribution is 5.26. The Labute approximate surface area is 103 Å².